The smallest absolute Gasteiger partial charge is 0.173 e. The fraction of sp³-hybridized carbons (Fsp3) is 0.364. The van der Waals surface area contributed by atoms with Crippen molar-refractivity contribution in [2.45, 2.75) is 19.9 Å². The summed E-state index contributed by atoms with van der Waals surface area (Å²) in [6.45, 7) is 3.82. The van der Waals surface area contributed by atoms with Gasteiger partial charge in [0.2, 0.25) is 0 Å². The van der Waals surface area contributed by atoms with Gasteiger partial charge < -0.3 is 10.5 Å². The van der Waals surface area contributed by atoms with Crippen molar-refractivity contribution in [2.24, 2.45) is 5.73 Å². The summed E-state index contributed by atoms with van der Waals surface area (Å²) in [7, 11) is 1.64. The molecule has 2 aromatic rings. The van der Waals surface area contributed by atoms with E-state index in [0.29, 0.717) is 5.82 Å². The van der Waals surface area contributed by atoms with Crippen LogP contribution in [0.5, 0.6) is 5.75 Å². The number of tetrazole rings is 1. The molecule has 1 unspecified atom stereocenters. The van der Waals surface area contributed by atoms with Gasteiger partial charge in [-0.2, -0.15) is 4.68 Å². The number of hydrogen-bond donors (Lipinski definition) is 1. The van der Waals surface area contributed by atoms with E-state index in [-0.39, 0.29) is 6.04 Å². The van der Waals surface area contributed by atoms with Crippen LogP contribution in [-0.4, -0.2) is 27.3 Å². The molecule has 2 rings (SSSR count). The first kappa shape index (κ1) is 11.5. The van der Waals surface area contributed by atoms with Crippen LogP contribution in [-0.2, 0) is 0 Å². The third-order valence-electron chi connectivity index (χ3n) is 2.53. The lowest BCUT2D eigenvalue weighted by Crippen LogP contribution is -2.14. The third kappa shape index (κ3) is 2.12. The molecule has 0 aliphatic rings. The predicted octanol–water partition coefficient (Wildman–Crippen LogP) is 0.999. The van der Waals surface area contributed by atoms with Crippen molar-refractivity contribution in [3.63, 3.8) is 0 Å². The Labute approximate surface area is 99.4 Å². The minimum atomic E-state index is -0.216. The van der Waals surface area contributed by atoms with Crippen LogP contribution in [0.1, 0.15) is 24.4 Å². The Kier molecular flexibility index (Phi) is 3.06. The Balaban J connectivity index is 2.49. The number of aromatic nitrogens is 4. The number of aryl methyl sites for hydroxylation is 1. The summed E-state index contributed by atoms with van der Waals surface area (Å²) in [6.07, 6.45) is 0. The second-order valence-corrected chi connectivity index (χ2v) is 3.89. The lowest BCUT2D eigenvalue weighted by molar-refractivity contribution is 0.414. The molecule has 17 heavy (non-hydrogen) atoms. The zero-order chi connectivity index (χ0) is 12.4. The van der Waals surface area contributed by atoms with E-state index in [4.69, 9.17) is 10.5 Å². The summed E-state index contributed by atoms with van der Waals surface area (Å²) >= 11 is 0. The van der Waals surface area contributed by atoms with Crippen LogP contribution < -0.4 is 10.5 Å². The van der Waals surface area contributed by atoms with Crippen LogP contribution in [0.2, 0.25) is 0 Å². The van der Waals surface area contributed by atoms with E-state index in [9.17, 15) is 0 Å². The number of benzene rings is 1. The first-order valence-corrected chi connectivity index (χ1v) is 5.32. The molecule has 0 fully saturated rings. The maximum absolute atomic E-state index is 5.81. The molecule has 6 nitrogen and oxygen atoms in total. The highest BCUT2D eigenvalue weighted by Crippen LogP contribution is 2.21. The molecular formula is C11H15N5O. The number of ether oxygens (including phenoxy) is 1. The molecule has 6 heteroatoms. The van der Waals surface area contributed by atoms with Crippen molar-refractivity contribution in [1.29, 1.82) is 0 Å². The van der Waals surface area contributed by atoms with Gasteiger partial charge in [0.15, 0.2) is 5.82 Å². The quantitative estimate of drug-likeness (QED) is 0.855. The highest BCUT2D eigenvalue weighted by molar-refractivity contribution is 5.44. The van der Waals surface area contributed by atoms with Gasteiger partial charge in [-0.3, -0.25) is 0 Å². The van der Waals surface area contributed by atoms with E-state index in [1.807, 2.05) is 32.0 Å². The molecular weight excluding hydrogens is 218 g/mol. The first-order chi connectivity index (χ1) is 8.13. The number of nitrogens with two attached hydrogens (primary N) is 1. The minimum Gasteiger partial charge on any atom is -0.497 e. The molecule has 0 radical (unpaired) electrons. The van der Waals surface area contributed by atoms with Crippen LogP contribution >= 0.6 is 0 Å². The SMILES string of the molecule is COc1ccc(-n2nnnc2C(C)N)c(C)c1. The van der Waals surface area contributed by atoms with Crippen molar-refractivity contribution in [3.8, 4) is 11.4 Å². The van der Waals surface area contributed by atoms with E-state index >= 15 is 0 Å². The normalized spacial score (nSPS) is 12.5. The summed E-state index contributed by atoms with van der Waals surface area (Å²) < 4.78 is 6.81. The van der Waals surface area contributed by atoms with E-state index in [1.54, 1.807) is 11.8 Å². The summed E-state index contributed by atoms with van der Waals surface area (Å²) in [5, 5.41) is 11.5. The number of methoxy groups -OCH3 is 1. The van der Waals surface area contributed by atoms with Crippen LogP contribution in [0.25, 0.3) is 5.69 Å². The number of nitrogens with zero attached hydrogens (tertiary/aromatic N) is 4. The molecule has 1 heterocycles. The first-order valence-electron chi connectivity index (χ1n) is 5.32. The van der Waals surface area contributed by atoms with Crippen molar-refractivity contribution in [3.05, 3.63) is 29.6 Å². The topological polar surface area (TPSA) is 78.8 Å². The minimum absolute atomic E-state index is 0.216. The second kappa shape index (κ2) is 4.50. The number of hydrogen-bond acceptors (Lipinski definition) is 5. The average molecular weight is 233 g/mol. The second-order valence-electron chi connectivity index (χ2n) is 3.89. The molecule has 0 aliphatic carbocycles. The van der Waals surface area contributed by atoms with Gasteiger partial charge in [-0.05, 0) is 48.0 Å². The van der Waals surface area contributed by atoms with E-state index in [1.165, 1.54) is 0 Å². The standard InChI is InChI=1S/C11H15N5O/c1-7-6-9(17-3)4-5-10(7)16-11(8(2)12)13-14-15-16/h4-6,8H,12H2,1-3H3. The van der Waals surface area contributed by atoms with Crippen molar-refractivity contribution in [1.82, 2.24) is 20.2 Å². The Morgan fingerprint density at radius 2 is 2.18 bits per heavy atom. The average Bonchev–Trinajstić information content (AvgIpc) is 2.77. The molecule has 90 valence electrons. The van der Waals surface area contributed by atoms with Gasteiger partial charge in [-0.25, -0.2) is 0 Å². The van der Waals surface area contributed by atoms with E-state index < -0.39 is 0 Å². The summed E-state index contributed by atoms with van der Waals surface area (Å²) in [6, 6.07) is 5.50. The Bertz CT molecular complexity index is 520. The molecule has 2 N–H and O–H groups in total. The molecule has 0 aliphatic heterocycles. The summed E-state index contributed by atoms with van der Waals surface area (Å²) in [5.41, 5.74) is 7.75. The Morgan fingerprint density at radius 1 is 1.41 bits per heavy atom. The van der Waals surface area contributed by atoms with Gasteiger partial charge in [0.25, 0.3) is 0 Å². The maximum atomic E-state index is 5.81. The van der Waals surface area contributed by atoms with E-state index in [2.05, 4.69) is 15.5 Å². The molecule has 0 saturated heterocycles. The Hall–Kier alpha value is -1.95. The molecule has 1 atom stereocenters. The third-order valence-corrected chi connectivity index (χ3v) is 2.53. The van der Waals surface area contributed by atoms with Gasteiger partial charge in [0, 0.05) is 0 Å². The molecule has 1 aromatic heterocycles. The zero-order valence-corrected chi connectivity index (χ0v) is 10.1. The van der Waals surface area contributed by atoms with Gasteiger partial charge >= 0.3 is 0 Å². The maximum Gasteiger partial charge on any atom is 0.173 e. The zero-order valence-electron chi connectivity index (χ0n) is 10.1. The van der Waals surface area contributed by atoms with Crippen molar-refractivity contribution in [2.75, 3.05) is 7.11 Å². The summed E-state index contributed by atoms with van der Waals surface area (Å²) in [5.74, 6) is 1.44. The Morgan fingerprint density at radius 3 is 2.76 bits per heavy atom. The lowest BCUT2D eigenvalue weighted by Gasteiger charge is -2.10. The summed E-state index contributed by atoms with van der Waals surface area (Å²) in [4.78, 5) is 0. The molecule has 0 bridgehead atoms. The molecule has 0 saturated carbocycles. The fourth-order valence-corrected chi connectivity index (χ4v) is 1.64. The fourth-order valence-electron chi connectivity index (χ4n) is 1.64. The van der Waals surface area contributed by atoms with E-state index in [0.717, 1.165) is 17.0 Å². The van der Waals surface area contributed by atoms with Crippen molar-refractivity contribution < 1.29 is 4.74 Å². The van der Waals surface area contributed by atoms with Gasteiger partial charge in [0.1, 0.15) is 5.75 Å². The van der Waals surface area contributed by atoms with Gasteiger partial charge in [-0.15, -0.1) is 5.10 Å². The molecule has 0 amide bonds. The van der Waals surface area contributed by atoms with Crippen LogP contribution in [0, 0.1) is 6.92 Å². The monoisotopic (exact) mass is 233 g/mol. The lowest BCUT2D eigenvalue weighted by atomic mass is 10.2. The highest BCUT2D eigenvalue weighted by Gasteiger charge is 2.13. The van der Waals surface area contributed by atoms with Crippen LogP contribution in [0.15, 0.2) is 18.2 Å². The van der Waals surface area contributed by atoms with Crippen LogP contribution in [0.3, 0.4) is 0 Å². The highest BCUT2D eigenvalue weighted by atomic mass is 16.5. The van der Waals surface area contributed by atoms with Gasteiger partial charge in [-0.1, -0.05) is 0 Å². The largest absolute Gasteiger partial charge is 0.497 e. The molecule has 0 spiro atoms. The van der Waals surface area contributed by atoms with Crippen molar-refractivity contribution >= 4 is 0 Å². The van der Waals surface area contributed by atoms with Crippen LogP contribution in [0.4, 0.5) is 0 Å². The van der Waals surface area contributed by atoms with Gasteiger partial charge in [0.05, 0.1) is 18.8 Å². The number of rotatable bonds is 3. The predicted molar refractivity (Wildman–Crippen MR) is 63.0 cm³/mol. The molecule has 1 aromatic carbocycles.